The van der Waals surface area contributed by atoms with Crippen LogP contribution in [0.4, 0.5) is 0 Å². The first-order chi connectivity index (χ1) is 31.8. The first-order valence-electron chi connectivity index (χ1n) is 21.9. The summed E-state index contributed by atoms with van der Waals surface area (Å²) in [5.74, 6) is 0. The zero-order valence-electron chi connectivity index (χ0n) is 36.8. The van der Waals surface area contributed by atoms with E-state index in [1.165, 1.54) is 39.2 Å². The third-order valence-corrected chi connectivity index (χ3v) is 12.4. The lowest BCUT2D eigenvalue weighted by molar-refractivity contribution is 0.946. The summed E-state index contributed by atoms with van der Waals surface area (Å²) in [5, 5.41) is 20.8. The number of nitrogens with one attached hydrogen (secondary N) is 2. The van der Waals surface area contributed by atoms with Gasteiger partial charge in [-0.15, -0.1) is 0 Å². The van der Waals surface area contributed by atoms with Crippen molar-refractivity contribution in [2.24, 2.45) is 10.7 Å². The highest BCUT2D eigenvalue weighted by Crippen LogP contribution is 2.46. The lowest BCUT2D eigenvalue weighted by atomic mass is 9.83. The molecule has 0 radical (unpaired) electrons. The maximum absolute atomic E-state index is 8.43. The van der Waals surface area contributed by atoms with Crippen molar-refractivity contribution in [3.05, 3.63) is 212 Å². The number of benzene rings is 6. The number of nitrogens with two attached hydrogens (primary N) is 1. The van der Waals surface area contributed by atoms with Crippen LogP contribution in [0.25, 0.3) is 94.1 Å². The lowest BCUT2D eigenvalue weighted by Crippen LogP contribution is -2.08. The third kappa shape index (κ3) is 7.45. The number of fused-ring (bicyclic) bond motifs is 10. The molecule has 9 rings (SSSR count). The number of aromatic nitrogens is 2. The largest absolute Gasteiger partial charge is 0.403 e. The molecule has 0 unspecified atom stereocenters. The van der Waals surface area contributed by atoms with Crippen molar-refractivity contribution in [1.29, 1.82) is 10.8 Å². The van der Waals surface area contributed by atoms with Gasteiger partial charge in [0.2, 0.25) is 0 Å². The second-order valence-corrected chi connectivity index (χ2v) is 16.1. The average Bonchev–Trinajstić information content (AvgIpc) is 3.85. The number of nitrogens with zero attached hydrogens (tertiary/aromatic N) is 3. The highest BCUT2D eigenvalue weighted by Gasteiger charge is 2.26. The normalized spacial score (nSPS) is 13.3. The number of hydrogen-bond donors (Lipinski definition) is 3. The summed E-state index contributed by atoms with van der Waals surface area (Å²) in [4.78, 5) is 4.54. The van der Waals surface area contributed by atoms with E-state index >= 15 is 0 Å². The van der Waals surface area contributed by atoms with Crippen LogP contribution in [0, 0.1) is 10.8 Å². The standard InChI is InChI=1S/C59H50N6/c1-6-10-14-54(62)41-19-15-39(16-20-41)43-25-30-57-51(33-43)49-28-27-47-48(59(49)65(57)46(37-61)12-7-2)26-23-45-35-53-52-34-44(40-17-21-42(22-18-40)55(9-4)63-32-8-3)24-29-56(52)64(38(5)13-11-31-60)58(53)36-50(45)47/h6-22,24-25,27-37,60,62H,1,3,5,23,26,61H2,2,4H3/b12-7-,13-11-,14-10-,46-37+,55-9-,60-31?,62-54?,63-32?. The predicted octanol–water partition coefficient (Wildman–Crippen LogP) is 14.7. The van der Waals surface area contributed by atoms with Gasteiger partial charge in [0.25, 0.3) is 0 Å². The van der Waals surface area contributed by atoms with Gasteiger partial charge in [0.05, 0.1) is 39.2 Å². The monoisotopic (exact) mass is 842 g/mol. The van der Waals surface area contributed by atoms with Gasteiger partial charge in [-0.1, -0.05) is 123 Å². The van der Waals surface area contributed by atoms with Gasteiger partial charge in [0, 0.05) is 45.9 Å². The Kier molecular flexibility index (Phi) is 11.5. The Balaban J connectivity index is 1.21. The Hall–Kier alpha value is -8.35. The summed E-state index contributed by atoms with van der Waals surface area (Å²) in [6.45, 7) is 16.0. The fourth-order valence-corrected chi connectivity index (χ4v) is 9.44. The molecule has 0 fully saturated rings. The molecule has 0 bridgehead atoms. The van der Waals surface area contributed by atoms with Crippen molar-refractivity contribution >= 4 is 78.8 Å². The maximum atomic E-state index is 8.43. The molecule has 6 aromatic carbocycles. The van der Waals surface area contributed by atoms with Crippen LogP contribution in [0.5, 0.6) is 0 Å². The van der Waals surface area contributed by atoms with E-state index in [-0.39, 0.29) is 0 Å². The summed E-state index contributed by atoms with van der Waals surface area (Å²) >= 11 is 0. The van der Waals surface area contributed by atoms with Gasteiger partial charge in [-0.3, -0.25) is 4.99 Å². The van der Waals surface area contributed by atoms with Gasteiger partial charge in [-0.2, -0.15) is 0 Å². The van der Waals surface area contributed by atoms with E-state index in [0.29, 0.717) is 5.71 Å². The number of hydrogen-bond acceptors (Lipinski definition) is 4. The fourth-order valence-electron chi connectivity index (χ4n) is 9.44. The molecule has 2 aromatic heterocycles. The highest BCUT2D eigenvalue weighted by molar-refractivity contribution is 6.16. The minimum Gasteiger partial charge on any atom is -0.403 e. The van der Waals surface area contributed by atoms with Crippen molar-refractivity contribution in [3.8, 4) is 33.4 Å². The Morgan fingerprint density at radius 2 is 1.29 bits per heavy atom. The second-order valence-electron chi connectivity index (χ2n) is 16.1. The molecule has 0 saturated heterocycles. The molecule has 6 heteroatoms. The van der Waals surface area contributed by atoms with Crippen LogP contribution in [0.3, 0.4) is 0 Å². The zero-order chi connectivity index (χ0) is 45.2. The molecular formula is C59H50N6. The summed E-state index contributed by atoms with van der Waals surface area (Å²) in [6, 6.07) is 39.4. The molecule has 8 aromatic rings. The summed E-state index contributed by atoms with van der Waals surface area (Å²) in [7, 11) is 0. The first kappa shape index (κ1) is 42.0. The smallest absolute Gasteiger partial charge is 0.0659 e. The van der Waals surface area contributed by atoms with E-state index in [4.69, 9.17) is 16.6 Å². The van der Waals surface area contributed by atoms with E-state index in [1.54, 1.807) is 42.8 Å². The number of allylic oxidation sites excluding steroid dienone is 11. The van der Waals surface area contributed by atoms with Crippen LogP contribution < -0.4 is 5.73 Å². The first-order valence-corrected chi connectivity index (χ1v) is 21.9. The Labute approximate surface area is 380 Å². The second kappa shape index (κ2) is 17.8. The summed E-state index contributed by atoms with van der Waals surface area (Å²) < 4.78 is 4.56. The minimum absolute atomic E-state index is 0.444. The molecule has 6 nitrogen and oxygen atoms in total. The van der Waals surface area contributed by atoms with Crippen LogP contribution in [-0.4, -0.2) is 27.3 Å². The SMILES string of the molecule is C=CC=N/C(=C\C)c1ccc(-c2ccc3c(c2)c2cc4c(cc2n3C(=C)/C=C\C=N)-c2ccc3c5cc(-c6ccc(C(=N)/C=C\C=C)cc6)ccc5n(C(/C=C\C)=C/N)c3c2CC4)cc1. The predicted molar refractivity (Wildman–Crippen MR) is 281 cm³/mol. The Morgan fingerprint density at radius 1 is 0.646 bits per heavy atom. The van der Waals surface area contributed by atoms with Gasteiger partial charge < -0.3 is 25.7 Å². The van der Waals surface area contributed by atoms with Crippen molar-refractivity contribution < 1.29 is 0 Å². The molecule has 0 saturated carbocycles. The molecule has 0 aliphatic heterocycles. The zero-order valence-corrected chi connectivity index (χ0v) is 36.8. The quantitative estimate of drug-likeness (QED) is 0.0782. The minimum atomic E-state index is 0.444. The van der Waals surface area contributed by atoms with Crippen LogP contribution in [-0.2, 0) is 12.8 Å². The molecule has 316 valence electrons. The number of rotatable bonds is 13. The molecule has 0 amide bonds. The molecular weight excluding hydrogens is 793 g/mol. The van der Waals surface area contributed by atoms with Crippen molar-refractivity contribution in [3.63, 3.8) is 0 Å². The highest BCUT2D eigenvalue weighted by atomic mass is 15.0. The molecule has 1 aliphatic carbocycles. The van der Waals surface area contributed by atoms with Gasteiger partial charge in [0.15, 0.2) is 0 Å². The molecule has 0 spiro atoms. The molecule has 65 heavy (non-hydrogen) atoms. The summed E-state index contributed by atoms with van der Waals surface area (Å²) in [5.41, 5.74) is 25.2. The third-order valence-electron chi connectivity index (χ3n) is 12.4. The van der Waals surface area contributed by atoms with Crippen molar-refractivity contribution in [2.45, 2.75) is 26.7 Å². The van der Waals surface area contributed by atoms with Crippen LogP contribution >= 0.6 is 0 Å². The van der Waals surface area contributed by atoms with Gasteiger partial charge >= 0.3 is 0 Å². The van der Waals surface area contributed by atoms with E-state index in [1.807, 2.05) is 44.2 Å². The Bertz CT molecular complexity index is 3460. The van der Waals surface area contributed by atoms with E-state index in [9.17, 15) is 0 Å². The van der Waals surface area contributed by atoms with Crippen molar-refractivity contribution in [1.82, 2.24) is 9.13 Å². The molecule has 4 N–H and O–H groups in total. The average molecular weight is 843 g/mol. The van der Waals surface area contributed by atoms with Crippen molar-refractivity contribution in [2.75, 3.05) is 0 Å². The van der Waals surface area contributed by atoms with Crippen LogP contribution in [0.2, 0.25) is 0 Å². The Morgan fingerprint density at radius 3 is 1.92 bits per heavy atom. The van der Waals surface area contributed by atoms with Crippen LogP contribution in [0.1, 0.15) is 36.1 Å². The molecule has 1 aliphatic rings. The number of aryl methyl sites for hydroxylation is 2. The van der Waals surface area contributed by atoms with E-state index in [0.717, 1.165) is 96.2 Å². The lowest BCUT2D eigenvalue weighted by Gasteiger charge is -2.23. The fraction of sp³-hybridized carbons (Fsp3) is 0.0678. The van der Waals surface area contributed by atoms with Gasteiger partial charge in [-0.05, 0) is 143 Å². The maximum Gasteiger partial charge on any atom is 0.0659 e. The number of aliphatic imine (C=N–C) groups is 1. The van der Waals surface area contributed by atoms with Crippen LogP contribution in [0.15, 0.2) is 195 Å². The summed E-state index contributed by atoms with van der Waals surface area (Å²) in [6.07, 6.45) is 23.1. The topological polar surface area (TPSA) is 95.9 Å². The molecule has 2 heterocycles. The van der Waals surface area contributed by atoms with E-state index < -0.39 is 0 Å². The van der Waals surface area contributed by atoms with Gasteiger partial charge in [0.1, 0.15) is 0 Å². The van der Waals surface area contributed by atoms with Gasteiger partial charge in [-0.25, -0.2) is 0 Å². The van der Waals surface area contributed by atoms with E-state index in [2.05, 4.69) is 137 Å². The molecule has 0 atom stereocenters.